The van der Waals surface area contributed by atoms with Crippen molar-refractivity contribution in [3.63, 3.8) is 0 Å². The van der Waals surface area contributed by atoms with Crippen LogP contribution in [0.5, 0.6) is 0 Å². The number of hydrogen-bond acceptors (Lipinski definition) is 5. The lowest BCUT2D eigenvalue weighted by Gasteiger charge is -2.07. The number of carboxylic acids is 1. The maximum Gasteiger partial charge on any atom is 0.328 e. The number of hydrogen-bond donors (Lipinski definition) is 1. The Bertz CT molecular complexity index is 769. The number of nitro benzene ring substituents is 2. The van der Waals surface area contributed by atoms with Crippen LogP contribution in [0.1, 0.15) is 11.1 Å². The summed E-state index contributed by atoms with van der Waals surface area (Å²) in [5.74, 6) is -1.27. The van der Waals surface area contributed by atoms with Crippen LogP contribution in [0.15, 0.2) is 54.6 Å². The van der Waals surface area contributed by atoms with Gasteiger partial charge < -0.3 is 5.11 Å². The molecule has 23 heavy (non-hydrogen) atoms. The molecule has 8 nitrogen and oxygen atoms in total. The molecule has 1 N–H and O–H groups in total. The second-order valence-electron chi connectivity index (χ2n) is 4.51. The third-order valence-electron chi connectivity index (χ3n) is 3.00. The number of carboxylic acid groups (broad SMARTS) is 1. The number of rotatable bonds is 5. The minimum absolute atomic E-state index is 0.143. The summed E-state index contributed by atoms with van der Waals surface area (Å²) in [5.41, 5.74) is 0.294. The van der Waals surface area contributed by atoms with E-state index < -0.39 is 15.8 Å². The first kappa shape index (κ1) is 15.8. The average Bonchev–Trinajstić information content (AvgIpc) is 2.52. The topological polar surface area (TPSA) is 124 Å². The van der Waals surface area contributed by atoms with Gasteiger partial charge in [-0.1, -0.05) is 24.3 Å². The monoisotopic (exact) mass is 314 g/mol. The number of aliphatic carboxylic acids is 1. The normalized spacial score (nSPS) is 9.91. The molecule has 0 bridgehead atoms. The Balaban J connectivity index is 2.61. The van der Waals surface area contributed by atoms with Gasteiger partial charge in [-0.3, -0.25) is 20.2 Å². The molecule has 0 atom stereocenters. The lowest BCUT2D eigenvalue weighted by atomic mass is 9.96. The number of nitrogens with zero attached hydrogens (tertiary/aromatic N) is 2. The first-order valence-electron chi connectivity index (χ1n) is 6.33. The van der Waals surface area contributed by atoms with Gasteiger partial charge in [0.15, 0.2) is 0 Å². The lowest BCUT2D eigenvalue weighted by molar-refractivity contribution is -0.385. The van der Waals surface area contributed by atoms with E-state index in [0.29, 0.717) is 0 Å². The molecule has 0 spiro atoms. The molecular weight excluding hydrogens is 304 g/mol. The summed E-state index contributed by atoms with van der Waals surface area (Å²) in [6.45, 7) is 0. The molecule has 0 aliphatic heterocycles. The molecule has 2 rings (SSSR count). The van der Waals surface area contributed by atoms with E-state index in [-0.39, 0.29) is 28.1 Å². The van der Waals surface area contributed by atoms with Gasteiger partial charge in [0.25, 0.3) is 11.4 Å². The Morgan fingerprint density at radius 1 is 0.913 bits per heavy atom. The van der Waals surface area contributed by atoms with E-state index in [1.165, 1.54) is 48.5 Å². The van der Waals surface area contributed by atoms with Crippen molar-refractivity contribution in [2.75, 3.05) is 0 Å². The van der Waals surface area contributed by atoms with Gasteiger partial charge in [-0.2, -0.15) is 0 Å². The van der Waals surface area contributed by atoms with Crippen LogP contribution in [0.3, 0.4) is 0 Å². The van der Waals surface area contributed by atoms with Crippen LogP contribution in [0, 0.1) is 20.2 Å². The summed E-state index contributed by atoms with van der Waals surface area (Å²) in [5, 5.41) is 30.7. The Labute approximate surface area is 129 Å². The van der Waals surface area contributed by atoms with Crippen molar-refractivity contribution in [1.29, 1.82) is 0 Å². The van der Waals surface area contributed by atoms with Crippen molar-refractivity contribution in [3.8, 4) is 0 Å². The van der Waals surface area contributed by atoms with Gasteiger partial charge in [-0.25, -0.2) is 4.79 Å². The quantitative estimate of drug-likeness (QED) is 0.514. The van der Waals surface area contributed by atoms with E-state index in [1.807, 2.05) is 0 Å². The van der Waals surface area contributed by atoms with Crippen LogP contribution in [0.25, 0.3) is 5.57 Å². The Kier molecular flexibility index (Phi) is 4.46. The summed E-state index contributed by atoms with van der Waals surface area (Å²) in [6, 6.07) is 10.8. The fourth-order valence-electron chi connectivity index (χ4n) is 2.03. The van der Waals surface area contributed by atoms with Crippen molar-refractivity contribution < 1.29 is 19.7 Å². The highest BCUT2D eigenvalue weighted by molar-refractivity contribution is 5.95. The molecule has 2 aromatic carbocycles. The first-order chi connectivity index (χ1) is 10.9. The van der Waals surface area contributed by atoms with Crippen molar-refractivity contribution in [2.24, 2.45) is 0 Å². The molecule has 0 amide bonds. The summed E-state index contributed by atoms with van der Waals surface area (Å²) in [7, 11) is 0. The zero-order valence-electron chi connectivity index (χ0n) is 11.6. The SMILES string of the molecule is O=C(O)C=C(c1cccc([N+](=O)[O-])c1)c1cccc([N+](=O)[O-])c1. The summed E-state index contributed by atoms with van der Waals surface area (Å²) >= 11 is 0. The van der Waals surface area contributed by atoms with Crippen molar-refractivity contribution >= 4 is 22.9 Å². The number of nitro groups is 2. The van der Waals surface area contributed by atoms with Gasteiger partial charge in [-0.15, -0.1) is 0 Å². The molecule has 0 unspecified atom stereocenters. The fourth-order valence-corrected chi connectivity index (χ4v) is 2.03. The highest BCUT2D eigenvalue weighted by Gasteiger charge is 2.14. The van der Waals surface area contributed by atoms with E-state index in [4.69, 9.17) is 5.11 Å². The highest BCUT2D eigenvalue weighted by atomic mass is 16.6. The van der Waals surface area contributed by atoms with Crippen molar-refractivity contribution in [2.45, 2.75) is 0 Å². The molecular formula is C15H10N2O6. The third-order valence-corrected chi connectivity index (χ3v) is 3.00. The summed E-state index contributed by atoms with van der Waals surface area (Å²) in [4.78, 5) is 31.6. The van der Waals surface area contributed by atoms with Gasteiger partial charge in [0.2, 0.25) is 0 Å². The number of benzene rings is 2. The molecule has 8 heteroatoms. The predicted octanol–water partition coefficient (Wildman–Crippen LogP) is 3.02. The second kappa shape index (κ2) is 6.48. The Morgan fingerprint density at radius 3 is 1.70 bits per heavy atom. The van der Waals surface area contributed by atoms with Crippen LogP contribution in [0.4, 0.5) is 11.4 Å². The maximum atomic E-state index is 11.0. The average molecular weight is 314 g/mol. The van der Waals surface area contributed by atoms with Crippen molar-refractivity contribution in [1.82, 2.24) is 0 Å². The minimum Gasteiger partial charge on any atom is -0.478 e. The van der Waals surface area contributed by atoms with E-state index in [9.17, 15) is 25.0 Å². The first-order valence-corrected chi connectivity index (χ1v) is 6.33. The standard InChI is InChI=1S/C15H10N2O6/c18-15(19)9-14(10-3-1-5-12(7-10)16(20)21)11-4-2-6-13(8-11)17(22)23/h1-9H,(H,18,19). The minimum atomic E-state index is -1.27. The maximum absolute atomic E-state index is 11.0. The van der Waals surface area contributed by atoms with E-state index in [0.717, 1.165) is 6.08 Å². The van der Waals surface area contributed by atoms with Crippen LogP contribution >= 0.6 is 0 Å². The molecule has 0 aliphatic rings. The van der Waals surface area contributed by atoms with Crippen LogP contribution in [0.2, 0.25) is 0 Å². The largest absolute Gasteiger partial charge is 0.478 e. The van der Waals surface area contributed by atoms with Crippen LogP contribution in [-0.2, 0) is 4.79 Å². The fraction of sp³-hybridized carbons (Fsp3) is 0. The molecule has 0 heterocycles. The van der Waals surface area contributed by atoms with Gasteiger partial charge in [0, 0.05) is 30.3 Å². The molecule has 0 saturated carbocycles. The zero-order valence-corrected chi connectivity index (χ0v) is 11.6. The molecule has 0 saturated heterocycles. The van der Waals surface area contributed by atoms with Crippen molar-refractivity contribution in [3.05, 3.63) is 86.0 Å². The number of non-ortho nitro benzene ring substituents is 2. The summed E-state index contributed by atoms with van der Waals surface area (Å²) < 4.78 is 0. The van der Waals surface area contributed by atoms with E-state index in [1.54, 1.807) is 0 Å². The van der Waals surface area contributed by atoms with Gasteiger partial charge >= 0.3 is 5.97 Å². The van der Waals surface area contributed by atoms with Crippen LogP contribution < -0.4 is 0 Å². The second-order valence-corrected chi connectivity index (χ2v) is 4.51. The van der Waals surface area contributed by atoms with Gasteiger partial charge in [-0.05, 0) is 16.7 Å². The molecule has 116 valence electrons. The molecule has 0 radical (unpaired) electrons. The Morgan fingerprint density at radius 2 is 1.35 bits per heavy atom. The molecule has 0 aliphatic carbocycles. The highest BCUT2D eigenvalue weighted by Crippen LogP contribution is 2.28. The van der Waals surface area contributed by atoms with Gasteiger partial charge in [0.05, 0.1) is 9.85 Å². The zero-order chi connectivity index (χ0) is 17.0. The smallest absolute Gasteiger partial charge is 0.328 e. The number of carbonyl (C=O) groups is 1. The lowest BCUT2D eigenvalue weighted by Crippen LogP contribution is -1.97. The molecule has 0 aromatic heterocycles. The predicted molar refractivity (Wildman–Crippen MR) is 80.9 cm³/mol. The third kappa shape index (κ3) is 3.76. The van der Waals surface area contributed by atoms with Gasteiger partial charge in [0.1, 0.15) is 0 Å². The molecule has 2 aromatic rings. The van der Waals surface area contributed by atoms with E-state index >= 15 is 0 Å². The van der Waals surface area contributed by atoms with Crippen LogP contribution in [-0.4, -0.2) is 20.9 Å². The molecule has 0 fully saturated rings. The Hall–Kier alpha value is -3.55. The van der Waals surface area contributed by atoms with E-state index in [2.05, 4.69) is 0 Å². The summed E-state index contributed by atoms with van der Waals surface area (Å²) in [6.07, 6.45) is 0.859.